The van der Waals surface area contributed by atoms with Crippen LogP contribution >= 0.6 is 0 Å². The van der Waals surface area contributed by atoms with Crippen LogP contribution in [0.2, 0.25) is 0 Å². The Balaban J connectivity index is 2.12. The molecule has 0 radical (unpaired) electrons. The van der Waals surface area contributed by atoms with Crippen LogP contribution in [-0.2, 0) is 0 Å². The quantitative estimate of drug-likeness (QED) is 0.796. The summed E-state index contributed by atoms with van der Waals surface area (Å²) in [5.41, 5.74) is 0.814. The summed E-state index contributed by atoms with van der Waals surface area (Å²) in [6.07, 6.45) is 0. The standard InChI is InChI=1S/C16H9N3O3/c17-9-10-4-3-5-11(8-10)22-15-14(16(20)21)12-6-1-2-7-13(12)18-19-15/h1-8H,(H,20,21). The van der Waals surface area contributed by atoms with Gasteiger partial charge in [0.1, 0.15) is 11.3 Å². The molecule has 22 heavy (non-hydrogen) atoms. The van der Waals surface area contributed by atoms with E-state index < -0.39 is 5.97 Å². The molecular weight excluding hydrogens is 282 g/mol. The summed E-state index contributed by atoms with van der Waals surface area (Å²) in [6, 6.07) is 15.2. The molecule has 3 rings (SSSR count). The van der Waals surface area contributed by atoms with Crippen LogP contribution in [-0.4, -0.2) is 21.3 Å². The zero-order valence-corrected chi connectivity index (χ0v) is 11.2. The van der Waals surface area contributed by atoms with Gasteiger partial charge in [0.25, 0.3) is 5.88 Å². The number of nitriles is 1. The third kappa shape index (κ3) is 2.43. The van der Waals surface area contributed by atoms with E-state index in [2.05, 4.69) is 10.2 Å². The van der Waals surface area contributed by atoms with E-state index in [4.69, 9.17) is 10.00 Å². The van der Waals surface area contributed by atoms with Crippen molar-refractivity contribution in [3.63, 3.8) is 0 Å². The van der Waals surface area contributed by atoms with Crippen LogP contribution in [0.15, 0.2) is 48.5 Å². The SMILES string of the molecule is N#Cc1cccc(Oc2nnc3ccccc3c2C(=O)O)c1. The highest BCUT2D eigenvalue weighted by atomic mass is 16.5. The first-order chi connectivity index (χ1) is 10.7. The van der Waals surface area contributed by atoms with E-state index in [1.807, 2.05) is 6.07 Å². The van der Waals surface area contributed by atoms with Crippen LogP contribution in [0, 0.1) is 11.3 Å². The van der Waals surface area contributed by atoms with E-state index in [1.165, 1.54) is 6.07 Å². The molecular formula is C16H9N3O3. The summed E-state index contributed by atoms with van der Waals surface area (Å²) < 4.78 is 5.52. The first-order valence-corrected chi connectivity index (χ1v) is 6.36. The van der Waals surface area contributed by atoms with E-state index in [-0.39, 0.29) is 11.4 Å². The average Bonchev–Trinajstić information content (AvgIpc) is 2.54. The van der Waals surface area contributed by atoms with Gasteiger partial charge in [0.05, 0.1) is 17.1 Å². The maximum Gasteiger partial charge on any atom is 0.342 e. The molecule has 0 amide bonds. The van der Waals surface area contributed by atoms with Gasteiger partial charge in [0, 0.05) is 5.39 Å². The molecule has 106 valence electrons. The van der Waals surface area contributed by atoms with Gasteiger partial charge in [-0.3, -0.25) is 0 Å². The van der Waals surface area contributed by atoms with Crippen molar-refractivity contribution in [1.29, 1.82) is 5.26 Å². The molecule has 0 spiro atoms. The first-order valence-electron chi connectivity index (χ1n) is 6.36. The number of rotatable bonds is 3. The van der Waals surface area contributed by atoms with E-state index >= 15 is 0 Å². The van der Waals surface area contributed by atoms with Crippen molar-refractivity contribution in [3.05, 3.63) is 59.7 Å². The molecule has 1 N–H and O–H groups in total. The van der Waals surface area contributed by atoms with Gasteiger partial charge in [-0.15, -0.1) is 10.2 Å². The largest absolute Gasteiger partial charge is 0.477 e. The van der Waals surface area contributed by atoms with Crippen molar-refractivity contribution in [1.82, 2.24) is 10.2 Å². The summed E-state index contributed by atoms with van der Waals surface area (Å²) >= 11 is 0. The number of carboxylic acids is 1. The van der Waals surface area contributed by atoms with Crippen LogP contribution in [0.3, 0.4) is 0 Å². The number of carbonyl (C=O) groups is 1. The highest BCUT2D eigenvalue weighted by Crippen LogP contribution is 2.28. The minimum Gasteiger partial charge on any atom is -0.477 e. The summed E-state index contributed by atoms with van der Waals surface area (Å²) in [5, 5.41) is 26.6. The van der Waals surface area contributed by atoms with Gasteiger partial charge in [-0.25, -0.2) is 4.79 Å². The zero-order valence-electron chi connectivity index (χ0n) is 11.2. The lowest BCUT2D eigenvalue weighted by Gasteiger charge is -2.09. The number of ether oxygens (including phenoxy) is 1. The van der Waals surface area contributed by atoms with E-state index in [1.54, 1.807) is 42.5 Å². The fourth-order valence-electron chi connectivity index (χ4n) is 2.06. The molecule has 0 unspecified atom stereocenters. The highest BCUT2D eigenvalue weighted by molar-refractivity contribution is 6.04. The Kier molecular flexibility index (Phi) is 3.38. The molecule has 0 aliphatic carbocycles. The van der Waals surface area contributed by atoms with Gasteiger partial charge in [-0.1, -0.05) is 24.3 Å². The number of hydrogen-bond donors (Lipinski definition) is 1. The van der Waals surface area contributed by atoms with Crippen molar-refractivity contribution < 1.29 is 14.6 Å². The number of benzene rings is 2. The molecule has 6 nitrogen and oxygen atoms in total. The fraction of sp³-hybridized carbons (Fsp3) is 0. The van der Waals surface area contributed by atoms with Crippen LogP contribution < -0.4 is 4.74 Å². The Morgan fingerprint density at radius 1 is 1.14 bits per heavy atom. The molecule has 0 saturated heterocycles. The van der Waals surface area contributed by atoms with Crippen molar-refractivity contribution in [2.75, 3.05) is 0 Å². The zero-order chi connectivity index (χ0) is 15.5. The second-order valence-electron chi connectivity index (χ2n) is 4.44. The van der Waals surface area contributed by atoms with Crippen molar-refractivity contribution >= 4 is 16.9 Å². The lowest BCUT2D eigenvalue weighted by Crippen LogP contribution is -2.05. The van der Waals surface area contributed by atoms with Gasteiger partial charge >= 0.3 is 5.97 Å². The third-order valence-electron chi connectivity index (χ3n) is 3.03. The number of carboxylic acid groups (broad SMARTS) is 1. The highest BCUT2D eigenvalue weighted by Gasteiger charge is 2.19. The molecule has 0 aliphatic rings. The van der Waals surface area contributed by atoms with Gasteiger partial charge in [-0.05, 0) is 24.3 Å². The second-order valence-corrected chi connectivity index (χ2v) is 4.44. The number of hydrogen-bond acceptors (Lipinski definition) is 5. The summed E-state index contributed by atoms with van der Waals surface area (Å²) in [5.74, 6) is -0.940. The molecule has 1 heterocycles. The van der Waals surface area contributed by atoms with E-state index in [9.17, 15) is 9.90 Å². The molecule has 2 aromatic carbocycles. The first kappa shape index (κ1) is 13.5. The van der Waals surface area contributed by atoms with Crippen LogP contribution in [0.5, 0.6) is 11.6 Å². The van der Waals surface area contributed by atoms with Crippen LogP contribution in [0.4, 0.5) is 0 Å². The summed E-state index contributed by atoms with van der Waals surface area (Å²) in [6.45, 7) is 0. The Bertz CT molecular complexity index is 916. The monoisotopic (exact) mass is 291 g/mol. The topological polar surface area (TPSA) is 96.1 Å². The molecule has 0 aliphatic heterocycles. The second kappa shape index (κ2) is 5.50. The maximum atomic E-state index is 11.5. The predicted octanol–water partition coefficient (Wildman–Crippen LogP) is 2.99. The fourth-order valence-corrected chi connectivity index (χ4v) is 2.06. The van der Waals surface area contributed by atoms with Crippen molar-refractivity contribution in [3.8, 4) is 17.7 Å². The summed E-state index contributed by atoms with van der Waals surface area (Å²) in [4.78, 5) is 11.5. The van der Waals surface area contributed by atoms with Crippen molar-refractivity contribution in [2.45, 2.75) is 0 Å². The van der Waals surface area contributed by atoms with Gasteiger partial charge in [0.2, 0.25) is 0 Å². The van der Waals surface area contributed by atoms with E-state index in [0.29, 0.717) is 22.2 Å². The normalized spacial score (nSPS) is 10.1. The molecule has 0 bridgehead atoms. The van der Waals surface area contributed by atoms with Gasteiger partial charge < -0.3 is 9.84 Å². The average molecular weight is 291 g/mol. The Hall–Kier alpha value is -3.46. The lowest BCUT2D eigenvalue weighted by atomic mass is 10.1. The van der Waals surface area contributed by atoms with E-state index in [0.717, 1.165) is 0 Å². The lowest BCUT2D eigenvalue weighted by molar-refractivity contribution is 0.0695. The third-order valence-corrected chi connectivity index (χ3v) is 3.03. The minimum atomic E-state index is -1.16. The molecule has 0 fully saturated rings. The number of aromatic nitrogens is 2. The Morgan fingerprint density at radius 3 is 2.73 bits per heavy atom. The smallest absolute Gasteiger partial charge is 0.342 e. The predicted molar refractivity (Wildman–Crippen MR) is 77.7 cm³/mol. The molecule has 3 aromatic rings. The number of nitrogens with zero attached hydrogens (tertiary/aromatic N) is 3. The Morgan fingerprint density at radius 2 is 1.95 bits per heavy atom. The van der Waals surface area contributed by atoms with Gasteiger partial charge in [-0.2, -0.15) is 5.26 Å². The summed E-state index contributed by atoms with van der Waals surface area (Å²) in [7, 11) is 0. The van der Waals surface area contributed by atoms with Crippen LogP contribution in [0.25, 0.3) is 10.9 Å². The van der Waals surface area contributed by atoms with Crippen LogP contribution in [0.1, 0.15) is 15.9 Å². The number of aromatic carboxylic acids is 1. The molecule has 6 heteroatoms. The molecule has 0 saturated carbocycles. The Labute approximate surface area is 125 Å². The maximum absolute atomic E-state index is 11.5. The molecule has 0 atom stereocenters. The minimum absolute atomic E-state index is 0.0621. The van der Waals surface area contributed by atoms with Gasteiger partial charge in [0.15, 0.2) is 0 Å². The van der Waals surface area contributed by atoms with Crippen molar-refractivity contribution in [2.24, 2.45) is 0 Å². The number of fused-ring (bicyclic) bond motifs is 1. The molecule has 1 aromatic heterocycles.